The van der Waals surface area contributed by atoms with Crippen LogP contribution in [0.1, 0.15) is 21.5 Å². The van der Waals surface area contributed by atoms with Crippen LogP contribution in [0.15, 0.2) is 93.6 Å². The minimum Gasteiger partial charge on any atom is -0.402 e. The number of ether oxygens (including phenoxy) is 1. The first-order valence-corrected chi connectivity index (χ1v) is 11.3. The fraction of sp³-hybridized carbons (Fsp3) is 0.0385. The zero-order valence-electron chi connectivity index (χ0n) is 17.9. The van der Waals surface area contributed by atoms with E-state index in [-0.39, 0.29) is 17.0 Å². The highest BCUT2D eigenvalue weighted by Crippen LogP contribution is 2.38. The third-order valence-electron chi connectivity index (χ3n) is 4.90. The Labute approximate surface area is 209 Å². The van der Waals surface area contributed by atoms with Crippen LogP contribution in [0.4, 0.5) is 11.4 Å². The topological polar surface area (TPSA) is 87.7 Å². The summed E-state index contributed by atoms with van der Waals surface area (Å²) in [6, 6.07) is 25.0. The van der Waals surface area contributed by atoms with Crippen LogP contribution in [0.3, 0.4) is 0 Å². The Morgan fingerprint density at radius 2 is 1.68 bits per heavy atom. The van der Waals surface area contributed by atoms with Crippen molar-refractivity contribution < 1.29 is 9.53 Å². The Balaban J connectivity index is 1.81. The summed E-state index contributed by atoms with van der Waals surface area (Å²) in [6.45, 7) is 1.72. The maximum atomic E-state index is 12.7. The third-order valence-corrected chi connectivity index (χ3v) is 5.68. The van der Waals surface area contributed by atoms with Gasteiger partial charge in [-0.15, -0.1) is 5.11 Å². The molecule has 1 aromatic heterocycles. The number of aromatic nitrogens is 1. The number of halogens is 2. The molecule has 4 rings (SSSR count). The van der Waals surface area contributed by atoms with Gasteiger partial charge >= 0.3 is 5.97 Å². The quantitative estimate of drug-likeness (QED) is 0.193. The maximum Gasteiger partial charge on any atom is 0.344 e. The van der Waals surface area contributed by atoms with Crippen molar-refractivity contribution in [2.45, 2.75) is 6.92 Å². The summed E-state index contributed by atoms with van der Waals surface area (Å²) in [6.07, 6.45) is 0. The number of nitriles is 1. The zero-order valence-corrected chi connectivity index (χ0v) is 20.2. The van der Waals surface area contributed by atoms with Crippen LogP contribution >= 0.6 is 27.5 Å². The Morgan fingerprint density at radius 1 is 1.00 bits per heavy atom. The van der Waals surface area contributed by atoms with Crippen molar-refractivity contribution in [1.82, 2.24) is 4.98 Å². The SMILES string of the molecule is Cc1c(C#N)c(OC(=O)c2ccc(Cl)cc2)nc(-c2ccccc2)c1N=Nc1ccc(Br)cc1. The highest BCUT2D eigenvalue weighted by atomic mass is 79.9. The second-order valence-electron chi connectivity index (χ2n) is 7.16. The Morgan fingerprint density at radius 3 is 2.32 bits per heavy atom. The first-order chi connectivity index (χ1) is 16.5. The lowest BCUT2D eigenvalue weighted by Gasteiger charge is -2.13. The summed E-state index contributed by atoms with van der Waals surface area (Å²) in [4.78, 5) is 17.2. The molecule has 0 unspecified atom stereocenters. The van der Waals surface area contributed by atoms with Gasteiger partial charge in [-0.2, -0.15) is 10.4 Å². The molecule has 6 nitrogen and oxygen atoms in total. The van der Waals surface area contributed by atoms with Crippen LogP contribution in [0.5, 0.6) is 5.88 Å². The molecule has 0 aliphatic rings. The molecule has 0 fully saturated rings. The third kappa shape index (κ3) is 5.20. The van der Waals surface area contributed by atoms with E-state index in [2.05, 4.69) is 37.2 Å². The average Bonchev–Trinajstić information content (AvgIpc) is 2.85. The van der Waals surface area contributed by atoms with Crippen molar-refractivity contribution in [3.05, 3.63) is 105 Å². The molecule has 0 saturated heterocycles. The van der Waals surface area contributed by atoms with Gasteiger partial charge in [-0.3, -0.25) is 0 Å². The molecular formula is C26H16BrClN4O2. The number of hydrogen-bond acceptors (Lipinski definition) is 6. The Kier molecular flexibility index (Phi) is 7.12. The largest absolute Gasteiger partial charge is 0.402 e. The normalized spacial score (nSPS) is 10.8. The molecule has 0 amide bonds. The lowest BCUT2D eigenvalue weighted by atomic mass is 10.0. The monoisotopic (exact) mass is 530 g/mol. The molecule has 34 heavy (non-hydrogen) atoms. The van der Waals surface area contributed by atoms with Crippen LogP contribution in [0.25, 0.3) is 11.3 Å². The molecule has 8 heteroatoms. The molecule has 166 valence electrons. The van der Waals surface area contributed by atoms with E-state index in [1.54, 1.807) is 31.2 Å². The molecule has 4 aromatic rings. The Hall–Kier alpha value is -3.86. The van der Waals surface area contributed by atoms with Gasteiger partial charge in [-0.05, 0) is 55.5 Å². The smallest absolute Gasteiger partial charge is 0.344 e. The maximum absolute atomic E-state index is 12.7. The van der Waals surface area contributed by atoms with Crippen molar-refractivity contribution in [1.29, 1.82) is 5.26 Å². The lowest BCUT2D eigenvalue weighted by molar-refractivity contribution is 0.0727. The minimum absolute atomic E-state index is 0.0959. The summed E-state index contributed by atoms with van der Waals surface area (Å²) in [5, 5.41) is 19.1. The number of pyridine rings is 1. The first kappa shape index (κ1) is 23.3. The number of esters is 1. The number of hydrogen-bond donors (Lipinski definition) is 0. The van der Waals surface area contributed by atoms with Crippen molar-refractivity contribution in [2.24, 2.45) is 10.2 Å². The van der Waals surface area contributed by atoms with Crippen molar-refractivity contribution >= 4 is 44.9 Å². The second kappa shape index (κ2) is 10.4. The fourth-order valence-corrected chi connectivity index (χ4v) is 3.53. The van der Waals surface area contributed by atoms with Crippen LogP contribution < -0.4 is 4.74 Å². The van der Waals surface area contributed by atoms with E-state index in [1.165, 1.54) is 0 Å². The highest BCUT2D eigenvalue weighted by molar-refractivity contribution is 9.10. The molecule has 0 saturated carbocycles. The second-order valence-corrected chi connectivity index (χ2v) is 8.52. The van der Waals surface area contributed by atoms with Gasteiger partial charge in [0.15, 0.2) is 0 Å². The molecule has 0 atom stereocenters. The van der Waals surface area contributed by atoms with Crippen LogP contribution in [0, 0.1) is 18.3 Å². The number of rotatable bonds is 5. The molecule has 0 N–H and O–H groups in total. The van der Waals surface area contributed by atoms with Gasteiger partial charge in [0.1, 0.15) is 23.0 Å². The van der Waals surface area contributed by atoms with Gasteiger partial charge in [-0.25, -0.2) is 9.78 Å². The molecule has 3 aromatic carbocycles. The highest BCUT2D eigenvalue weighted by Gasteiger charge is 2.22. The predicted molar refractivity (Wildman–Crippen MR) is 134 cm³/mol. The van der Waals surface area contributed by atoms with Gasteiger partial charge < -0.3 is 4.74 Å². The minimum atomic E-state index is -0.650. The first-order valence-electron chi connectivity index (χ1n) is 10.1. The summed E-state index contributed by atoms with van der Waals surface area (Å²) in [7, 11) is 0. The van der Waals surface area contributed by atoms with Gasteiger partial charge in [0, 0.05) is 20.6 Å². The lowest BCUT2D eigenvalue weighted by Crippen LogP contribution is -2.11. The van der Waals surface area contributed by atoms with Crippen LogP contribution in [0.2, 0.25) is 5.02 Å². The van der Waals surface area contributed by atoms with Gasteiger partial charge in [0.05, 0.1) is 11.3 Å². The fourth-order valence-electron chi connectivity index (χ4n) is 3.14. The van der Waals surface area contributed by atoms with E-state index in [0.717, 1.165) is 10.0 Å². The molecule has 0 spiro atoms. The van der Waals surface area contributed by atoms with E-state index in [1.807, 2.05) is 54.6 Å². The zero-order chi connectivity index (χ0) is 24.1. The number of azo groups is 1. The van der Waals surface area contributed by atoms with E-state index in [9.17, 15) is 10.1 Å². The van der Waals surface area contributed by atoms with E-state index in [4.69, 9.17) is 16.3 Å². The van der Waals surface area contributed by atoms with Crippen molar-refractivity contribution in [3.8, 4) is 23.2 Å². The van der Waals surface area contributed by atoms with Gasteiger partial charge in [-0.1, -0.05) is 57.9 Å². The Bertz CT molecular complexity index is 1410. The summed E-state index contributed by atoms with van der Waals surface area (Å²) in [5.41, 5.74) is 3.12. The van der Waals surface area contributed by atoms with E-state index < -0.39 is 5.97 Å². The van der Waals surface area contributed by atoms with Crippen molar-refractivity contribution in [3.63, 3.8) is 0 Å². The number of benzene rings is 3. The van der Waals surface area contributed by atoms with Gasteiger partial charge in [0.25, 0.3) is 0 Å². The molecule has 0 aliphatic carbocycles. The molecular weight excluding hydrogens is 516 g/mol. The molecule has 0 radical (unpaired) electrons. The summed E-state index contributed by atoms with van der Waals surface area (Å²) < 4.78 is 6.47. The van der Waals surface area contributed by atoms with Gasteiger partial charge in [0.2, 0.25) is 5.88 Å². The van der Waals surface area contributed by atoms with E-state index >= 15 is 0 Å². The average molecular weight is 532 g/mol. The molecule has 1 heterocycles. The number of carbonyl (C=O) groups excluding carboxylic acids is 1. The van der Waals surface area contributed by atoms with Crippen molar-refractivity contribution in [2.75, 3.05) is 0 Å². The summed E-state index contributed by atoms with van der Waals surface area (Å²) >= 11 is 9.30. The van der Waals surface area contributed by atoms with Crippen LogP contribution in [-0.4, -0.2) is 11.0 Å². The molecule has 0 bridgehead atoms. The summed E-state index contributed by atoms with van der Waals surface area (Å²) in [5.74, 6) is -0.746. The van der Waals surface area contributed by atoms with Crippen LogP contribution in [-0.2, 0) is 0 Å². The number of nitrogens with zero attached hydrogens (tertiary/aromatic N) is 4. The van der Waals surface area contributed by atoms with E-state index in [0.29, 0.717) is 27.7 Å². The predicted octanol–water partition coefficient (Wildman–Crippen LogP) is 7.98. The molecule has 0 aliphatic heterocycles. The number of carbonyl (C=O) groups is 1. The standard InChI is InChI=1S/C26H16BrClN4O2/c1-16-22(15-29)25(34-26(33)18-7-11-20(28)12-8-18)30-24(17-5-3-2-4-6-17)23(16)32-31-21-13-9-19(27)10-14-21/h2-14H,1H3.